The van der Waals surface area contributed by atoms with Gasteiger partial charge in [0, 0.05) is 17.4 Å². The summed E-state index contributed by atoms with van der Waals surface area (Å²) in [6.07, 6.45) is 2.19. The lowest BCUT2D eigenvalue weighted by molar-refractivity contribution is -0.0689. The third-order valence-corrected chi connectivity index (χ3v) is 4.83. The molecule has 1 aromatic rings. The van der Waals surface area contributed by atoms with Crippen molar-refractivity contribution < 1.29 is 9.90 Å². The summed E-state index contributed by atoms with van der Waals surface area (Å²) in [5, 5.41) is 12.6. The Kier molecular flexibility index (Phi) is 3.16. The number of hydrogen-bond donors (Lipinski definition) is 3. The molecule has 3 N–H and O–H groups in total. The van der Waals surface area contributed by atoms with Crippen LogP contribution in [0.25, 0.3) is 0 Å². The van der Waals surface area contributed by atoms with Gasteiger partial charge in [0.2, 0.25) is 0 Å². The molecule has 0 aliphatic heterocycles. The predicted molar refractivity (Wildman–Crippen MR) is 77.2 cm³/mol. The monoisotopic (exact) mass is 291 g/mol. The highest BCUT2D eigenvalue weighted by Gasteiger charge is 2.48. The predicted octanol–water partition coefficient (Wildman–Crippen LogP) is 0.845. The number of rotatable bonds is 3. The number of nitrogens with one attached hydrogen (secondary N) is 2. The van der Waals surface area contributed by atoms with Crippen molar-refractivity contribution >= 4 is 5.91 Å². The highest BCUT2D eigenvalue weighted by atomic mass is 16.3. The molecule has 6 heteroatoms. The second-order valence-electron chi connectivity index (χ2n) is 6.78. The van der Waals surface area contributed by atoms with Crippen LogP contribution in [0.1, 0.15) is 60.9 Å². The van der Waals surface area contributed by atoms with Gasteiger partial charge in [0.25, 0.3) is 11.5 Å². The second-order valence-corrected chi connectivity index (χ2v) is 6.78. The molecule has 0 radical (unpaired) electrons. The summed E-state index contributed by atoms with van der Waals surface area (Å²) < 4.78 is 0. The van der Waals surface area contributed by atoms with Crippen LogP contribution >= 0.6 is 0 Å². The summed E-state index contributed by atoms with van der Waals surface area (Å²) in [5.41, 5.74) is -0.190. The molecule has 2 fully saturated rings. The zero-order chi connectivity index (χ0) is 15.4. The number of aliphatic hydroxyl groups is 1. The number of aromatic nitrogens is 2. The van der Waals surface area contributed by atoms with Crippen molar-refractivity contribution in [3.8, 4) is 0 Å². The summed E-state index contributed by atoms with van der Waals surface area (Å²) in [4.78, 5) is 31.5. The van der Waals surface area contributed by atoms with Gasteiger partial charge in [-0.3, -0.25) is 9.59 Å². The van der Waals surface area contributed by atoms with Gasteiger partial charge in [-0.05, 0) is 26.2 Å². The molecule has 6 nitrogen and oxygen atoms in total. The molecule has 114 valence electrons. The first-order valence-corrected chi connectivity index (χ1v) is 7.40. The molecule has 0 saturated heterocycles. The third kappa shape index (κ3) is 2.37. The van der Waals surface area contributed by atoms with Gasteiger partial charge in [-0.1, -0.05) is 13.8 Å². The van der Waals surface area contributed by atoms with Crippen molar-refractivity contribution in [1.29, 1.82) is 0 Å². The summed E-state index contributed by atoms with van der Waals surface area (Å²) in [6, 6.07) is -0.123. The summed E-state index contributed by atoms with van der Waals surface area (Å²) in [7, 11) is 0. The first kappa shape index (κ1) is 14.3. The zero-order valence-electron chi connectivity index (χ0n) is 12.6. The van der Waals surface area contributed by atoms with E-state index in [1.54, 1.807) is 6.92 Å². The van der Waals surface area contributed by atoms with Crippen molar-refractivity contribution in [2.24, 2.45) is 5.41 Å². The van der Waals surface area contributed by atoms with Crippen molar-refractivity contribution in [2.45, 2.75) is 58.1 Å². The highest BCUT2D eigenvalue weighted by molar-refractivity contribution is 5.95. The van der Waals surface area contributed by atoms with Gasteiger partial charge in [-0.25, -0.2) is 4.98 Å². The molecule has 1 amide bonds. The molecule has 0 bridgehead atoms. The Morgan fingerprint density at radius 1 is 1.43 bits per heavy atom. The lowest BCUT2D eigenvalue weighted by atomic mass is 9.64. The van der Waals surface area contributed by atoms with Crippen LogP contribution in [0.3, 0.4) is 0 Å². The fourth-order valence-corrected chi connectivity index (χ4v) is 2.80. The number of H-pyrrole nitrogens is 1. The Hall–Kier alpha value is -1.69. The number of nitrogens with zero attached hydrogens (tertiary/aromatic N) is 1. The molecule has 3 rings (SSSR count). The Morgan fingerprint density at radius 3 is 2.57 bits per heavy atom. The fraction of sp³-hybridized carbons (Fsp3) is 0.667. The minimum atomic E-state index is -0.419. The van der Waals surface area contributed by atoms with Gasteiger partial charge < -0.3 is 15.4 Å². The maximum Gasteiger partial charge on any atom is 0.264 e. The number of aromatic amines is 1. The number of aryl methyl sites for hydroxylation is 1. The fourth-order valence-electron chi connectivity index (χ4n) is 2.80. The molecule has 2 aliphatic carbocycles. The van der Waals surface area contributed by atoms with Gasteiger partial charge in [-0.15, -0.1) is 0 Å². The average molecular weight is 291 g/mol. The lowest BCUT2D eigenvalue weighted by Crippen LogP contribution is -2.61. The van der Waals surface area contributed by atoms with Crippen molar-refractivity contribution in [3.05, 3.63) is 27.4 Å². The molecule has 0 spiro atoms. The molecular weight excluding hydrogens is 270 g/mol. The van der Waals surface area contributed by atoms with E-state index in [1.165, 1.54) is 0 Å². The number of amides is 1. The standard InChI is InChI=1S/C15H21N3O3/c1-7-11(14(21)18-12(16-7)8-4-5-8)13(20)17-9-6-10(19)15(9,2)3/h8-10,19H,4-6H2,1-3H3,(H,17,20)(H,16,18,21). The van der Waals surface area contributed by atoms with E-state index in [0.717, 1.165) is 12.8 Å². The van der Waals surface area contributed by atoms with Crippen LogP contribution < -0.4 is 10.9 Å². The van der Waals surface area contributed by atoms with Crippen molar-refractivity contribution in [2.75, 3.05) is 0 Å². The van der Waals surface area contributed by atoms with E-state index in [9.17, 15) is 14.7 Å². The van der Waals surface area contributed by atoms with Crippen LogP contribution in [0.2, 0.25) is 0 Å². The molecule has 1 aromatic heterocycles. The molecule has 2 unspecified atom stereocenters. The van der Waals surface area contributed by atoms with E-state index in [1.807, 2.05) is 13.8 Å². The van der Waals surface area contributed by atoms with E-state index in [-0.39, 0.29) is 22.6 Å². The molecule has 2 saturated carbocycles. The van der Waals surface area contributed by atoms with E-state index in [0.29, 0.717) is 23.9 Å². The molecule has 21 heavy (non-hydrogen) atoms. The molecule has 1 heterocycles. The Morgan fingerprint density at radius 2 is 2.10 bits per heavy atom. The van der Waals surface area contributed by atoms with Crippen LogP contribution in [0.4, 0.5) is 0 Å². The smallest absolute Gasteiger partial charge is 0.264 e. The van der Waals surface area contributed by atoms with Crippen LogP contribution in [0, 0.1) is 12.3 Å². The van der Waals surface area contributed by atoms with Crippen molar-refractivity contribution in [1.82, 2.24) is 15.3 Å². The normalized spacial score (nSPS) is 27.0. The number of hydrogen-bond acceptors (Lipinski definition) is 4. The van der Waals surface area contributed by atoms with Crippen LogP contribution in [-0.4, -0.2) is 33.1 Å². The average Bonchev–Trinajstić information content (AvgIpc) is 3.21. The first-order valence-electron chi connectivity index (χ1n) is 7.40. The summed E-state index contributed by atoms with van der Waals surface area (Å²) in [5.74, 6) is 0.622. The highest BCUT2D eigenvalue weighted by Crippen LogP contribution is 2.40. The Bertz CT molecular complexity index is 646. The maximum atomic E-state index is 12.3. The molecule has 0 aromatic carbocycles. The van der Waals surface area contributed by atoms with Crippen molar-refractivity contribution in [3.63, 3.8) is 0 Å². The van der Waals surface area contributed by atoms with Crippen LogP contribution in [-0.2, 0) is 0 Å². The second kappa shape index (κ2) is 4.66. The lowest BCUT2D eigenvalue weighted by Gasteiger charge is -2.49. The van der Waals surface area contributed by atoms with E-state index in [4.69, 9.17) is 0 Å². The maximum absolute atomic E-state index is 12.3. The number of carbonyl (C=O) groups is 1. The Balaban J connectivity index is 1.80. The quantitative estimate of drug-likeness (QED) is 0.769. The first-order chi connectivity index (χ1) is 9.80. The number of carbonyl (C=O) groups excluding carboxylic acids is 1. The number of aliphatic hydroxyl groups excluding tert-OH is 1. The van der Waals surface area contributed by atoms with Gasteiger partial charge in [-0.2, -0.15) is 0 Å². The van der Waals surface area contributed by atoms with E-state index < -0.39 is 12.0 Å². The Labute approximate surface area is 123 Å². The SMILES string of the molecule is Cc1nc(C2CC2)[nH]c(=O)c1C(=O)NC1CC(O)C1(C)C. The summed E-state index contributed by atoms with van der Waals surface area (Å²) in [6.45, 7) is 5.49. The minimum Gasteiger partial charge on any atom is -0.392 e. The van der Waals surface area contributed by atoms with Crippen LogP contribution in [0.15, 0.2) is 4.79 Å². The third-order valence-electron chi connectivity index (χ3n) is 4.83. The largest absolute Gasteiger partial charge is 0.392 e. The molecule has 2 atom stereocenters. The van der Waals surface area contributed by atoms with Gasteiger partial charge >= 0.3 is 0 Å². The van der Waals surface area contributed by atoms with Crippen LogP contribution in [0.5, 0.6) is 0 Å². The van der Waals surface area contributed by atoms with Gasteiger partial charge in [0.15, 0.2) is 0 Å². The van der Waals surface area contributed by atoms with E-state index in [2.05, 4.69) is 15.3 Å². The van der Waals surface area contributed by atoms with Gasteiger partial charge in [0.1, 0.15) is 11.4 Å². The van der Waals surface area contributed by atoms with E-state index >= 15 is 0 Å². The minimum absolute atomic E-state index is 0.0802. The molecular formula is C15H21N3O3. The molecule has 2 aliphatic rings. The summed E-state index contributed by atoms with van der Waals surface area (Å²) >= 11 is 0. The zero-order valence-corrected chi connectivity index (χ0v) is 12.6. The topological polar surface area (TPSA) is 95.1 Å². The van der Waals surface area contributed by atoms with Gasteiger partial charge in [0.05, 0.1) is 11.8 Å².